The minimum atomic E-state index is -3.27. The van der Waals surface area contributed by atoms with Crippen LogP contribution in [0.15, 0.2) is 23.3 Å². The van der Waals surface area contributed by atoms with Crippen molar-refractivity contribution in [1.29, 1.82) is 0 Å². The smallest absolute Gasteiger partial charge is 0.208 e. The van der Waals surface area contributed by atoms with Crippen molar-refractivity contribution in [2.45, 2.75) is 116 Å². The number of sulfonamides is 1. The maximum atomic E-state index is 11.6. The molecule has 3 aliphatic rings. The second kappa shape index (κ2) is 10.5. The summed E-state index contributed by atoms with van der Waals surface area (Å²) in [6, 6.07) is -0.217. The summed E-state index contributed by atoms with van der Waals surface area (Å²) in [4.78, 5) is 0. The van der Waals surface area contributed by atoms with Crippen LogP contribution in [0.4, 0.5) is 0 Å². The van der Waals surface area contributed by atoms with E-state index in [1.807, 2.05) is 13.8 Å². The molecular weight excluding hydrogens is 434 g/mol. The predicted molar refractivity (Wildman–Crippen MR) is 135 cm³/mol. The summed E-state index contributed by atoms with van der Waals surface area (Å²) >= 11 is 0. The van der Waals surface area contributed by atoms with E-state index in [1.54, 1.807) is 5.57 Å². The van der Waals surface area contributed by atoms with Crippen LogP contribution in [0.3, 0.4) is 0 Å². The number of fused-ring (bicyclic) bond motifs is 1. The Morgan fingerprint density at radius 3 is 2.64 bits per heavy atom. The largest absolute Gasteiger partial charge is 0.393 e. The number of aliphatic hydroxyl groups is 2. The summed E-state index contributed by atoms with van der Waals surface area (Å²) in [6.45, 7) is 8.74. The highest BCUT2D eigenvalue weighted by atomic mass is 32.2. The Kier molecular flexibility index (Phi) is 8.57. The van der Waals surface area contributed by atoms with E-state index < -0.39 is 21.7 Å². The summed E-state index contributed by atoms with van der Waals surface area (Å²) in [5.74, 6) is 2.04. The number of aliphatic hydroxyl groups excluding tert-OH is 1. The van der Waals surface area contributed by atoms with Gasteiger partial charge in [0.05, 0.1) is 18.0 Å². The summed E-state index contributed by atoms with van der Waals surface area (Å²) in [5.41, 5.74) is 2.47. The fraction of sp³-hybridized carbons (Fsp3) is 0.852. The molecule has 33 heavy (non-hydrogen) atoms. The third kappa shape index (κ3) is 7.39. The van der Waals surface area contributed by atoms with Gasteiger partial charge in [-0.1, -0.05) is 50.0 Å². The van der Waals surface area contributed by atoms with Crippen LogP contribution >= 0.6 is 0 Å². The molecule has 0 heterocycles. The second-order valence-electron chi connectivity index (χ2n) is 12.2. The monoisotopic (exact) mass is 481 g/mol. The van der Waals surface area contributed by atoms with Crippen molar-refractivity contribution in [3.05, 3.63) is 23.3 Å². The number of hydrogen-bond donors (Lipinski definition) is 3. The van der Waals surface area contributed by atoms with E-state index in [4.69, 9.17) is 0 Å². The van der Waals surface area contributed by atoms with E-state index in [-0.39, 0.29) is 6.04 Å². The minimum absolute atomic E-state index is 0.217. The van der Waals surface area contributed by atoms with E-state index in [0.29, 0.717) is 36.5 Å². The van der Waals surface area contributed by atoms with Crippen molar-refractivity contribution >= 4 is 10.0 Å². The molecule has 0 aromatic heterocycles. The van der Waals surface area contributed by atoms with Gasteiger partial charge in [-0.3, -0.25) is 0 Å². The number of nitrogens with one attached hydrogen (secondary N) is 1. The molecule has 0 amide bonds. The maximum absolute atomic E-state index is 11.6. The van der Waals surface area contributed by atoms with E-state index >= 15 is 0 Å². The van der Waals surface area contributed by atoms with Crippen LogP contribution in [0.2, 0.25) is 0 Å². The van der Waals surface area contributed by atoms with Crippen molar-refractivity contribution in [2.75, 3.05) is 6.26 Å². The molecular formula is C27H47NO4S. The molecule has 0 bridgehead atoms. The highest BCUT2D eigenvalue weighted by Gasteiger charge is 2.50. The Labute approximate surface area is 202 Å². The van der Waals surface area contributed by atoms with Crippen LogP contribution in [-0.2, 0) is 10.0 Å². The van der Waals surface area contributed by atoms with Gasteiger partial charge in [0, 0.05) is 6.04 Å². The van der Waals surface area contributed by atoms with Crippen molar-refractivity contribution < 1.29 is 18.6 Å². The molecule has 3 saturated carbocycles. The molecule has 5 nitrogen and oxygen atoms in total. The molecule has 1 unspecified atom stereocenters. The molecule has 3 fully saturated rings. The van der Waals surface area contributed by atoms with E-state index in [2.05, 4.69) is 30.7 Å². The summed E-state index contributed by atoms with van der Waals surface area (Å²) in [6.07, 6.45) is 16.3. The van der Waals surface area contributed by atoms with Gasteiger partial charge in [-0.15, -0.1) is 0 Å². The first-order valence-electron chi connectivity index (χ1n) is 13.0. The Hall–Kier alpha value is -0.690. The Balaban J connectivity index is 1.68. The maximum Gasteiger partial charge on any atom is 0.208 e. The molecule has 0 aromatic rings. The number of allylic oxidation sites excluding steroid dienone is 3. The molecule has 190 valence electrons. The second-order valence-corrected chi connectivity index (χ2v) is 14.0. The van der Waals surface area contributed by atoms with Gasteiger partial charge < -0.3 is 10.2 Å². The summed E-state index contributed by atoms with van der Waals surface area (Å²) in [7, 11) is -3.27. The lowest BCUT2D eigenvalue weighted by atomic mass is 9.60. The first kappa shape index (κ1) is 26.9. The Morgan fingerprint density at radius 2 is 1.97 bits per heavy atom. The van der Waals surface area contributed by atoms with Crippen LogP contribution < -0.4 is 4.72 Å². The van der Waals surface area contributed by atoms with Gasteiger partial charge in [-0.2, -0.15) is 0 Å². The lowest BCUT2D eigenvalue weighted by Crippen LogP contribution is -2.39. The van der Waals surface area contributed by atoms with Crippen LogP contribution in [-0.4, -0.2) is 42.6 Å². The minimum Gasteiger partial charge on any atom is -0.393 e. The van der Waals surface area contributed by atoms with Gasteiger partial charge in [0.15, 0.2) is 0 Å². The molecule has 0 aromatic carbocycles. The van der Waals surface area contributed by atoms with Crippen molar-refractivity contribution in [2.24, 2.45) is 23.2 Å². The number of rotatable bonds is 8. The lowest BCUT2D eigenvalue weighted by molar-refractivity contribution is 0.0596. The van der Waals surface area contributed by atoms with Gasteiger partial charge in [-0.05, 0) is 94.8 Å². The third-order valence-electron chi connectivity index (χ3n) is 8.65. The van der Waals surface area contributed by atoms with Gasteiger partial charge >= 0.3 is 0 Å². The fourth-order valence-electron chi connectivity index (χ4n) is 7.22. The highest BCUT2D eigenvalue weighted by Crippen LogP contribution is 2.60. The van der Waals surface area contributed by atoms with Crippen LogP contribution in [0, 0.1) is 23.2 Å². The SMILES string of the molecule is C[C@H](CCCC(C)(C)O)[C@H]1CC[C@H]2/C(=C/C=C3\CC(NS(C)(=O)=O)C[C@H](O)C3)CCC[C@]12C. The zero-order chi connectivity index (χ0) is 24.4. The van der Waals surface area contributed by atoms with E-state index in [9.17, 15) is 18.6 Å². The highest BCUT2D eigenvalue weighted by molar-refractivity contribution is 7.88. The molecule has 3 N–H and O–H groups in total. The standard InChI is InChI=1S/C27H47NO4S/c1-19(8-6-14-26(2,3)30)24-12-13-25-21(9-7-15-27(24,25)4)11-10-20-16-22(18-23(29)17-20)28-33(5,31)32/h10-11,19,22-25,28-30H,6-9,12-18H2,1-5H3/b20-10+,21-11+/t19-,22?,23-,24-,25+,27-/m1/s1. The molecule has 0 spiro atoms. The van der Waals surface area contributed by atoms with Crippen LogP contribution in [0.1, 0.15) is 98.3 Å². The number of hydrogen-bond acceptors (Lipinski definition) is 4. The lowest BCUT2D eigenvalue weighted by Gasteiger charge is -2.44. The first-order chi connectivity index (χ1) is 15.3. The fourth-order valence-corrected chi connectivity index (χ4v) is 8.01. The van der Waals surface area contributed by atoms with Crippen molar-refractivity contribution in [3.8, 4) is 0 Å². The van der Waals surface area contributed by atoms with Crippen molar-refractivity contribution in [1.82, 2.24) is 4.72 Å². The van der Waals surface area contributed by atoms with E-state index in [1.165, 1.54) is 38.4 Å². The predicted octanol–water partition coefficient (Wildman–Crippen LogP) is 5.10. The molecule has 0 radical (unpaired) electrons. The zero-order valence-corrected chi connectivity index (χ0v) is 22.3. The molecule has 6 heteroatoms. The van der Waals surface area contributed by atoms with E-state index in [0.717, 1.165) is 30.8 Å². The quantitative estimate of drug-likeness (QED) is 0.450. The molecule has 0 aliphatic heterocycles. The third-order valence-corrected chi connectivity index (χ3v) is 9.41. The first-order valence-corrected chi connectivity index (χ1v) is 14.9. The van der Waals surface area contributed by atoms with Gasteiger partial charge in [0.1, 0.15) is 0 Å². The summed E-state index contributed by atoms with van der Waals surface area (Å²) < 4.78 is 26.0. The van der Waals surface area contributed by atoms with Gasteiger partial charge in [0.2, 0.25) is 10.0 Å². The molecule has 3 aliphatic carbocycles. The van der Waals surface area contributed by atoms with Crippen molar-refractivity contribution in [3.63, 3.8) is 0 Å². The average Bonchev–Trinajstić information content (AvgIpc) is 3.01. The molecule has 6 atom stereocenters. The Bertz CT molecular complexity index is 841. The Morgan fingerprint density at radius 1 is 1.24 bits per heavy atom. The average molecular weight is 482 g/mol. The van der Waals surface area contributed by atoms with Gasteiger partial charge in [-0.25, -0.2) is 13.1 Å². The summed E-state index contributed by atoms with van der Waals surface area (Å²) in [5, 5.41) is 20.3. The van der Waals surface area contributed by atoms with Crippen LogP contribution in [0.5, 0.6) is 0 Å². The van der Waals surface area contributed by atoms with Crippen LogP contribution in [0.25, 0.3) is 0 Å². The van der Waals surface area contributed by atoms with Gasteiger partial charge in [0.25, 0.3) is 0 Å². The molecule has 0 saturated heterocycles. The normalized spacial score (nSPS) is 36.8. The zero-order valence-electron chi connectivity index (χ0n) is 21.4. The molecule has 3 rings (SSSR count). The topological polar surface area (TPSA) is 86.6 Å².